The van der Waals surface area contributed by atoms with Gasteiger partial charge in [0.2, 0.25) is 5.91 Å². The van der Waals surface area contributed by atoms with Gasteiger partial charge in [0, 0.05) is 4.47 Å². The van der Waals surface area contributed by atoms with Crippen LogP contribution in [0.2, 0.25) is 0 Å². The van der Waals surface area contributed by atoms with Crippen molar-refractivity contribution >= 4 is 39.1 Å². The molecule has 2 aliphatic heterocycles. The molecule has 0 aromatic heterocycles. The molecule has 2 amide bonds. The van der Waals surface area contributed by atoms with Gasteiger partial charge < -0.3 is 0 Å². The van der Waals surface area contributed by atoms with Gasteiger partial charge in [-0.1, -0.05) is 53.9 Å². The molecular formula is C21H21BrN2O3. The van der Waals surface area contributed by atoms with Crippen LogP contribution in [0.1, 0.15) is 26.2 Å². The molecule has 5 nitrogen and oxygen atoms in total. The predicted octanol–water partition coefficient (Wildman–Crippen LogP) is 4.32. The molecule has 27 heavy (non-hydrogen) atoms. The van der Waals surface area contributed by atoms with Gasteiger partial charge in [0.05, 0.1) is 23.3 Å². The number of carbonyl (C=O) groups excluding carboxylic acids is 2. The van der Waals surface area contributed by atoms with Crippen molar-refractivity contribution in [3.8, 4) is 0 Å². The van der Waals surface area contributed by atoms with Gasteiger partial charge in [0.25, 0.3) is 5.91 Å². The molecule has 140 valence electrons. The summed E-state index contributed by atoms with van der Waals surface area (Å²) in [5, 5.41) is 1.78. The Bertz CT molecular complexity index is 840. The van der Waals surface area contributed by atoms with Gasteiger partial charge in [-0.15, -0.1) is 0 Å². The first-order valence-corrected chi connectivity index (χ1v) is 10.1. The second-order valence-electron chi connectivity index (χ2n) is 6.91. The first-order chi connectivity index (χ1) is 13.1. The number of fused-ring (bicyclic) bond motifs is 1. The summed E-state index contributed by atoms with van der Waals surface area (Å²) in [5.74, 6) is -0.938. The minimum Gasteiger partial charge on any atom is -0.273 e. The number of hydrogen-bond acceptors (Lipinski definition) is 4. The van der Waals surface area contributed by atoms with Crippen LogP contribution in [0, 0.1) is 5.92 Å². The van der Waals surface area contributed by atoms with Crippen LogP contribution in [-0.4, -0.2) is 24.0 Å². The molecule has 0 saturated carbocycles. The molecule has 0 radical (unpaired) electrons. The van der Waals surface area contributed by atoms with Crippen LogP contribution >= 0.6 is 15.9 Å². The zero-order valence-corrected chi connectivity index (χ0v) is 16.6. The molecule has 2 heterocycles. The number of nitrogens with zero attached hydrogens (tertiary/aromatic N) is 2. The number of imide groups is 1. The van der Waals surface area contributed by atoms with Crippen molar-refractivity contribution in [3.63, 3.8) is 0 Å². The molecule has 2 fully saturated rings. The topological polar surface area (TPSA) is 49.9 Å². The summed E-state index contributed by atoms with van der Waals surface area (Å²) in [6.45, 7) is 2.12. The fraction of sp³-hybridized carbons (Fsp3) is 0.333. The van der Waals surface area contributed by atoms with Gasteiger partial charge in [-0.25, -0.2) is 9.96 Å². The molecule has 0 spiro atoms. The first kappa shape index (κ1) is 18.2. The van der Waals surface area contributed by atoms with E-state index in [2.05, 4.69) is 22.9 Å². The van der Waals surface area contributed by atoms with E-state index in [1.807, 2.05) is 42.5 Å². The van der Waals surface area contributed by atoms with Gasteiger partial charge in [-0.2, -0.15) is 0 Å². The van der Waals surface area contributed by atoms with Crippen molar-refractivity contribution in [2.45, 2.75) is 38.3 Å². The van der Waals surface area contributed by atoms with E-state index in [9.17, 15) is 9.59 Å². The lowest BCUT2D eigenvalue weighted by Crippen LogP contribution is -2.40. The Morgan fingerprint density at radius 2 is 1.67 bits per heavy atom. The Morgan fingerprint density at radius 3 is 2.33 bits per heavy atom. The average Bonchev–Trinajstić information content (AvgIpc) is 3.18. The van der Waals surface area contributed by atoms with Crippen molar-refractivity contribution in [1.82, 2.24) is 0 Å². The van der Waals surface area contributed by atoms with E-state index in [0.29, 0.717) is 5.69 Å². The number of carbonyl (C=O) groups is 2. The van der Waals surface area contributed by atoms with Crippen LogP contribution in [0.4, 0.5) is 11.4 Å². The number of benzene rings is 2. The summed E-state index contributed by atoms with van der Waals surface area (Å²) in [6.07, 6.45) is 2.04. The van der Waals surface area contributed by atoms with Crippen molar-refractivity contribution in [3.05, 3.63) is 59.1 Å². The first-order valence-electron chi connectivity index (χ1n) is 9.26. The van der Waals surface area contributed by atoms with E-state index in [4.69, 9.17) is 4.84 Å². The molecule has 0 bridgehead atoms. The summed E-state index contributed by atoms with van der Waals surface area (Å²) in [6, 6.07) is 16.8. The van der Waals surface area contributed by atoms with Gasteiger partial charge in [-0.3, -0.25) is 14.4 Å². The van der Waals surface area contributed by atoms with E-state index in [0.717, 1.165) is 29.4 Å². The quantitative estimate of drug-likeness (QED) is 0.665. The highest BCUT2D eigenvalue weighted by atomic mass is 79.9. The minimum absolute atomic E-state index is 0.144. The maximum atomic E-state index is 13.2. The zero-order valence-electron chi connectivity index (χ0n) is 15.0. The second kappa shape index (κ2) is 7.44. The summed E-state index contributed by atoms with van der Waals surface area (Å²) >= 11 is 3.38. The molecule has 4 rings (SSSR count). The number of rotatable bonds is 5. The van der Waals surface area contributed by atoms with Gasteiger partial charge in [0.15, 0.2) is 6.10 Å². The number of hydroxylamine groups is 1. The van der Waals surface area contributed by atoms with Crippen LogP contribution < -0.4 is 9.96 Å². The van der Waals surface area contributed by atoms with Crippen molar-refractivity contribution in [2.24, 2.45) is 5.92 Å². The Kier molecular flexibility index (Phi) is 5.02. The minimum atomic E-state index is -0.761. The van der Waals surface area contributed by atoms with Crippen molar-refractivity contribution < 1.29 is 14.4 Å². The molecule has 2 aromatic carbocycles. The molecule has 3 unspecified atom stereocenters. The molecule has 3 atom stereocenters. The van der Waals surface area contributed by atoms with Crippen LogP contribution in [-0.2, 0) is 14.4 Å². The van der Waals surface area contributed by atoms with Crippen molar-refractivity contribution in [1.29, 1.82) is 0 Å². The van der Waals surface area contributed by atoms with Gasteiger partial charge in [-0.05, 0) is 42.8 Å². The Morgan fingerprint density at radius 1 is 0.963 bits per heavy atom. The van der Waals surface area contributed by atoms with E-state index in [1.54, 1.807) is 17.2 Å². The summed E-state index contributed by atoms with van der Waals surface area (Å²) < 4.78 is 0.901. The molecule has 0 N–H and O–H groups in total. The van der Waals surface area contributed by atoms with Gasteiger partial charge >= 0.3 is 0 Å². The SMILES string of the molecule is CCCCC1C2C(=O)N(c3ccc(Br)cc3)C(=O)C2ON1c1ccccc1. The Hall–Kier alpha value is -2.18. The maximum Gasteiger partial charge on any atom is 0.266 e. The van der Waals surface area contributed by atoms with E-state index in [1.165, 1.54) is 4.90 Å². The van der Waals surface area contributed by atoms with Crippen LogP contribution in [0.15, 0.2) is 59.1 Å². The van der Waals surface area contributed by atoms with E-state index in [-0.39, 0.29) is 17.9 Å². The fourth-order valence-corrected chi connectivity index (χ4v) is 4.14. The van der Waals surface area contributed by atoms with Crippen LogP contribution in [0.3, 0.4) is 0 Å². The number of unbranched alkanes of at least 4 members (excludes halogenated alkanes) is 1. The van der Waals surface area contributed by atoms with Crippen LogP contribution in [0.5, 0.6) is 0 Å². The smallest absolute Gasteiger partial charge is 0.266 e. The lowest BCUT2D eigenvalue weighted by molar-refractivity contribution is -0.126. The summed E-state index contributed by atoms with van der Waals surface area (Å²) in [5.41, 5.74) is 1.47. The fourth-order valence-electron chi connectivity index (χ4n) is 3.87. The Labute approximate surface area is 167 Å². The maximum absolute atomic E-state index is 13.2. The molecule has 0 aliphatic carbocycles. The number of anilines is 2. The highest BCUT2D eigenvalue weighted by Crippen LogP contribution is 2.42. The second-order valence-corrected chi connectivity index (χ2v) is 7.83. The molecule has 2 aromatic rings. The predicted molar refractivity (Wildman–Crippen MR) is 107 cm³/mol. The lowest BCUT2D eigenvalue weighted by Gasteiger charge is -2.28. The zero-order chi connectivity index (χ0) is 19.0. The summed E-state index contributed by atoms with van der Waals surface area (Å²) in [4.78, 5) is 33.6. The normalized spacial score (nSPS) is 24.6. The largest absolute Gasteiger partial charge is 0.273 e. The van der Waals surface area contributed by atoms with Crippen LogP contribution in [0.25, 0.3) is 0 Å². The van der Waals surface area contributed by atoms with Crippen molar-refractivity contribution in [2.75, 3.05) is 9.96 Å². The standard InChI is InChI=1S/C21H21BrN2O3/c1-2-3-9-17-18-19(27-24(17)16-7-5-4-6-8-16)21(26)23(20(18)25)15-12-10-14(22)11-13-15/h4-8,10-13,17-19H,2-3,9H2,1H3. The molecule has 2 aliphatic rings. The number of amides is 2. The van der Waals surface area contributed by atoms with E-state index < -0.39 is 12.0 Å². The number of halogens is 1. The molecular weight excluding hydrogens is 408 g/mol. The highest BCUT2D eigenvalue weighted by Gasteiger charge is 2.59. The number of para-hydroxylation sites is 1. The highest BCUT2D eigenvalue weighted by molar-refractivity contribution is 9.10. The lowest BCUT2D eigenvalue weighted by atomic mass is 9.92. The summed E-state index contributed by atoms with van der Waals surface area (Å²) in [7, 11) is 0. The van der Waals surface area contributed by atoms with E-state index >= 15 is 0 Å². The third-order valence-electron chi connectivity index (χ3n) is 5.19. The molecule has 2 saturated heterocycles. The monoisotopic (exact) mass is 428 g/mol. The molecule has 6 heteroatoms. The van der Waals surface area contributed by atoms with Gasteiger partial charge in [0.1, 0.15) is 0 Å². The third-order valence-corrected chi connectivity index (χ3v) is 5.72. The third kappa shape index (κ3) is 3.17. The number of hydrogen-bond donors (Lipinski definition) is 0. The Balaban J connectivity index is 1.66. The average molecular weight is 429 g/mol.